The SMILES string of the molecule is Cc1nc2c(nc(C)n2CCO)c(Cl)c1C(F)F. The third kappa shape index (κ3) is 1.95. The second-order valence-electron chi connectivity index (χ2n) is 3.93. The summed E-state index contributed by atoms with van der Waals surface area (Å²) >= 11 is 5.97. The van der Waals surface area contributed by atoms with E-state index in [1.807, 2.05) is 0 Å². The van der Waals surface area contributed by atoms with Gasteiger partial charge in [-0.2, -0.15) is 0 Å². The van der Waals surface area contributed by atoms with Crippen molar-refractivity contribution in [2.45, 2.75) is 26.8 Å². The molecular weight excluding hydrogens is 264 g/mol. The molecule has 0 atom stereocenters. The van der Waals surface area contributed by atoms with Gasteiger partial charge < -0.3 is 9.67 Å². The molecule has 0 saturated carbocycles. The quantitative estimate of drug-likeness (QED) is 0.937. The number of alkyl halides is 2. The number of aromatic nitrogens is 3. The van der Waals surface area contributed by atoms with Crippen LogP contribution in [0.4, 0.5) is 8.78 Å². The summed E-state index contributed by atoms with van der Waals surface area (Å²) < 4.78 is 27.4. The van der Waals surface area contributed by atoms with Crippen molar-refractivity contribution in [1.82, 2.24) is 14.5 Å². The zero-order valence-corrected chi connectivity index (χ0v) is 10.7. The summed E-state index contributed by atoms with van der Waals surface area (Å²) in [5.41, 5.74) is 0.580. The molecule has 7 heteroatoms. The van der Waals surface area contributed by atoms with Gasteiger partial charge in [0.25, 0.3) is 6.43 Å². The Morgan fingerprint density at radius 1 is 1.33 bits per heavy atom. The summed E-state index contributed by atoms with van der Waals surface area (Å²) in [6.07, 6.45) is -2.68. The van der Waals surface area contributed by atoms with Crippen LogP contribution in [0.2, 0.25) is 5.02 Å². The fourth-order valence-electron chi connectivity index (χ4n) is 1.94. The Balaban J connectivity index is 2.77. The fourth-order valence-corrected chi connectivity index (χ4v) is 2.29. The van der Waals surface area contributed by atoms with Gasteiger partial charge in [0.05, 0.1) is 22.9 Å². The zero-order valence-electron chi connectivity index (χ0n) is 9.91. The highest BCUT2D eigenvalue weighted by molar-refractivity contribution is 6.35. The molecule has 0 fully saturated rings. The number of aliphatic hydroxyl groups excluding tert-OH is 1. The van der Waals surface area contributed by atoms with E-state index in [9.17, 15) is 8.78 Å². The number of pyridine rings is 1. The van der Waals surface area contributed by atoms with E-state index in [0.717, 1.165) is 0 Å². The van der Waals surface area contributed by atoms with Crippen LogP contribution in [-0.4, -0.2) is 26.2 Å². The molecule has 2 aromatic heterocycles. The monoisotopic (exact) mass is 275 g/mol. The third-order valence-corrected chi connectivity index (χ3v) is 3.16. The van der Waals surface area contributed by atoms with Crippen molar-refractivity contribution in [3.05, 3.63) is 22.1 Å². The van der Waals surface area contributed by atoms with Crippen LogP contribution in [0.15, 0.2) is 0 Å². The Hall–Kier alpha value is -1.27. The van der Waals surface area contributed by atoms with Crippen molar-refractivity contribution >= 4 is 22.8 Å². The van der Waals surface area contributed by atoms with Crippen LogP contribution in [-0.2, 0) is 6.54 Å². The van der Waals surface area contributed by atoms with E-state index in [1.54, 1.807) is 11.5 Å². The molecular formula is C11H12ClF2N3O. The average molecular weight is 276 g/mol. The van der Waals surface area contributed by atoms with Crippen molar-refractivity contribution in [1.29, 1.82) is 0 Å². The number of rotatable bonds is 3. The molecule has 0 unspecified atom stereocenters. The van der Waals surface area contributed by atoms with Gasteiger partial charge in [-0.25, -0.2) is 18.7 Å². The number of halogens is 3. The molecule has 0 aromatic carbocycles. The molecule has 2 heterocycles. The van der Waals surface area contributed by atoms with Crippen molar-refractivity contribution < 1.29 is 13.9 Å². The maximum absolute atomic E-state index is 12.9. The number of aliphatic hydroxyl groups is 1. The molecule has 0 aliphatic rings. The lowest BCUT2D eigenvalue weighted by atomic mass is 10.2. The maximum atomic E-state index is 12.9. The lowest BCUT2D eigenvalue weighted by Crippen LogP contribution is -2.06. The summed E-state index contributed by atoms with van der Waals surface area (Å²) in [5, 5.41) is 8.91. The molecule has 4 nitrogen and oxygen atoms in total. The summed E-state index contributed by atoms with van der Waals surface area (Å²) in [6.45, 7) is 3.42. The lowest BCUT2D eigenvalue weighted by molar-refractivity contribution is 0.150. The Bertz CT molecular complexity index is 598. The number of fused-ring (bicyclic) bond motifs is 1. The summed E-state index contributed by atoms with van der Waals surface area (Å²) in [7, 11) is 0. The van der Waals surface area contributed by atoms with Crippen LogP contribution < -0.4 is 0 Å². The van der Waals surface area contributed by atoms with E-state index in [2.05, 4.69) is 9.97 Å². The van der Waals surface area contributed by atoms with E-state index in [0.29, 0.717) is 18.0 Å². The molecule has 1 N–H and O–H groups in total. The topological polar surface area (TPSA) is 50.9 Å². The van der Waals surface area contributed by atoms with Gasteiger partial charge in [-0.15, -0.1) is 0 Å². The van der Waals surface area contributed by atoms with Crippen LogP contribution in [0.5, 0.6) is 0 Å². The van der Waals surface area contributed by atoms with E-state index in [4.69, 9.17) is 16.7 Å². The Labute approximate surface area is 107 Å². The molecule has 0 bridgehead atoms. The molecule has 98 valence electrons. The molecule has 2 aromatic rings. The number of nitrogens with zero attached hydrogens (tertiary/aromatic N) is 3. The largest absolute Gasteiger partial charge is 0.395 e. The first-order chi connectivity index (χ1) is 8.47. The second kappa shape index (κ2) is 4.78. The minimum Gasteiger partial charge on any atom is -0.395 e. The number of aryl methyl sites for hydroxylation is 2. The lowest BCUT2D eigenvalue weighted by Gasteiger charge is -2.08. The van der Waals surface area contributed by atoms with E-state index < -0.39 is 6.43 Å². The van der Waals surface area contributed by atoms with Gasteiger partial charge in [0.1, 0.15) is 11.3 Å². The summed E-state index contributed by atoms with van der Waals surface area (Å²) in [6, 6.07) is 0. The number of hydrogen-bond acceptors (Lipinski definition) is 3. The highest BCUT2D eigenvalue weighted by Crippen LogP contribution is 2.34. The molecule has 0 aliphatic heterocycles. The van der Waals surface area contributed by atoms with Gasteiger partial charge in [-0.05, 0) is 13.8 Å². The fraction of sp³-hybridized carbons (Fsp3) is 0.455. The van der Waals surface area contributed by atoms with Gasteiger partial charge in [0, 0.05) is 6.54 Å². The van der Waals surface area contributed by atoms with Crippen LogP contribution in [0.1, 0.15) is 23.5 Å². The van der Waals surface area contributed by atoms with Gasteiger partial charge >= 0.3 is 0 Å². The van der Waals surface area contributed by atoms with Crippen molar-refractivity contribution in [2.75, 3.05) is 6.61 Å². The molecule has 18 heavy (non-hydrogen) atoms. The first kappa shape index (κ1) is 13.2. The Morgan fingerprint density at radius 3 is 2.56 bits per heavy atom. The highest BCUT2D eigenvalue weighted by atomic mass is 35.5. The average Bonchev–Trinajstić information content (AvgIpc) is 2.57. The van der Waals surface area contributed by atoms with E-state index in [-0.39, 0.29) is 28.4 Å². The van der Waals surface area contributed by atoms with Gasteiger partial charge in [0.15, 0.2) is 5.65 Å². The van der Waals surface area contributed by atoms with Crippen LogP contribution in [0, 0.1) is 13.8 Å². The van der Waals surface area contributed by atoms with Crippen LogP contribution >= 0.6 is 11.6 Å². The smallest absolute Gasteiger partial charge is 0.267 e. The Kier molecular flexibility index (Phi) is 3.49. The van der Waals surface area contributed by atoms with Crippen molar-refractivity contribution in [3.63, 3.8) is 0 Å². The highest BCUT2D eigenvalue weighted by Gasteiger charge is 2.22. The number of hydrogen-bond donors (Lipinski definition) is 1. The standard InChI is InChI=1S/C11H12ClF2N3O/c1-5-7(10(13)14)8(12)9-11(15-5)17(3-4-18)6(2)16-9/h10,18H,3-4H2,1-2H3. The predicted molar refractivity (Wildman–Crippen MR) is 64.1 cm³/mol. The molecule has 0 spiro atoms. The van der Waals surface area contributed by atoms with Gasteiger partial charge in [-0.3, -0.25) is 0 Å². The van der Waals surface area contributed by atoms with Gasteiger partial charge in [-0.1, -0.05) is 11.6 Å². The van der Waals surface area contributed by atoms with Crippen molar-refractivity contribution in [2.24, 2.45) is 0 Å². The van der Waals surface area contributed by atoms with Crippen molar-refractivity contribution in [3.8, 4) is 0 Å². The minimum absolute atomic E-state index is 0.0627. The molecule has 0 saturated heterocycles. The summed E-state index contributed by atoms with van der Waals surface area (Å²) in [4.78, 5) is 8.26. The second-order valence-corrected chi connectivity index (χ2v) is 4.31. The maximum Gasteiger partial charge on any atom is 0.267 e. The zero-order chi connectivity index (χ0) is 13.4. The summed E-state index contributed by atoms with van der Waals surface area (Å²) in [5.74, 6) is 0.583. The van der Waals surface area contributed by atoms with Crippen LogP contribution in [0.25, 0.3) is 11.2 Å². The molecule has 0 radical (unpaired) electrons. The van der Waals surface area contributed by atoms with Crippen LogP contribution in [0.3, 0.4) is 0 Å². The first-order valence-corrected chi connectivity index (χ1v) is 5.77. The van der Waals surface area contributed by atoms with E-state index in [1.165, 1.54) is 6.92 Å². The molecule has 2 rings (SSSR count). The Morgan fingerprint density at radius 2 is 2.00 bits per heavy atom. The third-order valence-electron chi connectivity index (χ3n) is 2.78. The first-order valence-electron chi connectivity index (χ1n) is 5.39. The van der Waals surface area contributed by atoms with Gasteiger partial charge in [0.2, 0.25) is 0 Å². The van der Waals surface area contributed by atoms with E-state index >= 15 is 0 Å². The predicted octanol–water partition coefficient (Wildman–Crippen LogP) is 2.63. The normalized spacial score (nSPS) is 11.7. The number of imidazole rings is 1. The molecule has 0 amide bonds. The minimum atomic E-state index is -2.68. The molecule has 0 aliphatic carbocycles.